The second kappa shape index (κ2) is 5.34. The van der Waals surface area contributed by atoms with Crippen LogP contribution in [0.3, 0.4) is 0 Å². The van der Waals surface area contributed by atoms with E-state index in [1.165, 1.54) is 16.1 Å². The highest BCUT2D eigenvalue weighted by Crippen LogP contribution is 2.34. The van der Waals surface area contributed by atoms with E-state index in [0.717, 1.165) is 24.5 Å². The molecule has 0 amide bonds. The summed E-state index contributed by atoms with van der Waals surface area (Å²) in [4.78, 5) is 4.82. The molecule has 0 bridgehead atoms. The third-order valence-electron chi connectivity index (χ3n) is 3.82. The minimum absolute atomic E-state index is 0.363. The molecule has 104 valence electrons. The fourth-order valence-electron chi connectivity index (χ4n) is 2.70. The second-order valence-corrected chi connectivity index (χ2v) is 6.15. The molecular formula is C18H15NOS. The molecule has 2 nitrogen and oxygen atoms in total. The standard InChI is InChI=1S/C18H15NOS/c1-2-6-13(7-3-1)16-12-21-18(19-16)15-10-14-8-4-5-9-17(14)20-11-15/h1-9,12,15H,10-11H2. The molecule has 0 spiro atoms. The maximum atomic E-state index is 5.87. The van der Waals surface area contributed by atoms with E-state index in [-0.39, 0.29) is 0 Å². The van der Waals surface area contributed by atoms with Crippen molar-refractivity contribution in [3.63, 3.8) is 0 Å². The maximum Gasteiger partial charge on any atom is 0.122 e. The van der Waals surface area contributed by atoms with Gasteiger partial charge in [-0.2, -0.15) is 0 Å². The lowest BCUT2D eigenvalue weighted by molar-refractivity contribution is 0.262. The average Bonchev–Trinajstić information content (AvgIpc) is 3.05. The normalized spacial score (nSPS) is 17.0. The second-order valence-electron chi connectivity index (χ2n) is 5.26. The van der Waals surface area contributed by atoms with Gasteiger partial charge in [0.15, 0.2) is 0 Å². The highest BCUT2D eigenvalue weighted by molar-refractivity contribution is 7.10. The Morgan fingerprint density at radius 3 is 2.71 bits per heavy atom. The van der Waals surface area contributed by atoms with Gasteiger partial charge in [-0.1, -0.05) is 48.5 Å². The van der Waals surface area contributed by atoms with Gasteiger partial charge in [-0.3, -0.25) is 0 Å². The molecule has 1 atom stereocenters. The van der Waals surface area contributed by atoms with E-state index in [0.29, 0.717) is 5.92 Å². The van der Waals surface area contributed by atoms with Crippen LogP contribution < -0.4 is 4.74 Å². The largest absolute Gasteiger partial charge is 0.493 e. The van der Waals surface area contributed by atoms with Crippen molar-refractivity contribution >= 4 is 11.3 Å². The van der Waals surface area contributed by atoms with E-state index in [1.54, 1.807) is 11.3 Å². The van der Waals surface area contributed by atoms with Crippen LogP contribution in [0.2, 0.25) is 0 Å². The number of para-hydroxylation sites is 1. The Balaban J connectivity index is 1.60. The van der Waals surface area contributed by atoms with Gasteiger partial charge in [0.05, 0.1) is 12.3 Å². The topological polar surface area (TPSA) is 22.1 Å². The predicted octanol–water partition coefficient (Wildman–Crippen LogP) is 4.53. The first-order valence-corrected chi connectivity index (χ1v) is 7.99. The van der Waals surface area contributed by atoms with Gasteiger partial charge in [-0.25, -0.2) is 4.98 Å². The molecule has 1 aliphatic heterocycles. The number of hydrogen-bond donors (Lipinski definition) is 0. The highest BCUT2D eigenvalue weighted by atomic mass is 32.1. The molecule has 0 saturated carbocycles. The maximum absolute atomic E-state index is 5.87. The van der Waals surface area contributed by atoms with E-state index in [1.807, 2.05) is 30.3 Å². The molecule has 0 saturated heterocycles. The molecular weight excluding hydrogens is 278 g/mol. The summed E-state index contributed by atoms with van der Waals surface area (Å²) in [7, 11) is 0. The van der Waals surface area contributed by atoms with Gasteiger partial charge in [-0.15, -0.1) is 11.3 Å². The van der Waals surface area contributed by atoms with Crippen LogP contribution in [-0.2, 0) is 6.42 Å². The Bertz CT molecular complexity index is 751. The molecule has 2 heterocycles. The zero-order chi connectivity index (χ0) is 14.1. The van der Waals surface area contributed by atoms with Crippen LogP contribution in [0.1, 0.15) is 16.5 Å². The number of aromatic nitrogens is 1. The summed E-state index contributed by atoms with van der Waals surface area (Å²) < 4.78 is 5.87. The fraction of sp³-hybridized carbons (Fsp3) is 0.167. The monoisotopic (exact) mass is 293 g/mol. The summed E-state index contributed by atoms with van der Waals surface area (Å²) in [6.45, 7) is 0.721. The average molecular weight is 293 g/mol. The first-order chi connectivity index (χ1) is 10.4. The molecule has 3 aromatic rings. The molecule has 1 aliphatic rings. The number of benzene rings is 2. The van der Waals surface area contributed by atoms with E-state index >= 15 is 0 Å². The van der Waals surface area contributed by atoms with Crippen LogP contribution in [0, 0.1) is 0 Å². The Morgan fingerprint density at radius 1 is 1.00 bits per heavy atom. The lowest BCUT2D eigenvalue weighted by Crippen LogP contribution is -2.18. The van der Waals surface area contributed by atoms with Gasteiger partial charge < -0.3 is 4.74 Å². The molecule has 0 aliphatic carbocycles. The van der Waals surface area contributed by atoms with Gasteiger partial charge in [0.1, 0.15) is 10.8 Å². The lowest BCUT2D eigenvalue weighted by Gasteiger charge is -2.23. The van der Waals surface area contributed by atoms with Crippen LogP contribution in [0.5, 0.6) is 5.75 Å². The third-order valence-corrected chi connectivity index (χ3v) is 4.83. The third kappa shape index (κ3) is 2.45. The van der Waals surface area contributed by atoms with Crippen LogP contribution in [0.4, 0.5) is 0 Å². The molecule has 4 rings (SSSR count). The minimum Gasteiger partial charge on any atom is -0.493 e. The fourth-order valence-corrected chi connectivity index (χ4v) is 3.62. The van der Waals surface area contributed by atoms with Crippen molar-refractivity contribution in [1.29, 1.82) is 0 Å². The molecule has 2 aromatic carbocycles. The van der Waals surface area contributed by atoms with Crippen LogP contribution in [0.25, 0.3) is 11.3 Å². The quantitative estimate of drug-likeness (QED) is 0.692. The Morgan fingerprint density at radius 2 is 1.81 bits per heavy atom. The number of rotatable bonds is 2. The number of ether oxygens (including phenoxy) is 1. The molecule has 0 N–H and O–H groups in total. The van der Waals surface area contributed by atoms with E-state index in [4.69, 9.17) is 9.72 Å². The van der Waals surface area contributed by atoms with Crippen molar-refractivity contribution in [1.82, 2.24) is 4.98 Å². The van der Waals surface area contributed by atoms with E-state index < -0.39 is 0 Å². The molecule has 3 heteroatoms. The Kier molecular flexibility index (Phi) is 3.20. The number of thiazole rings is 1. The van der Waals surface area contributed by atoms with Gasteiger partial charge in [0.25, 0.3) is 0 Å². The zero-order valence-electron chi connectivity index (χ0n) is 11.5. The van der Waals surface area contributed by atoms with Gasteiger partial charge >= 0.3 is 0 Å². The van der Waals surface area contributed by atoms with Crippen molar-refractivity contribution < 1.29 is 4.74 Å². The van der Waals surface area contributed by atoms with Crippen molar-refractivity contribution in [2.24, 2.45) is 0 Å². The van der Waals surface area contributed by atoms with Crippen LogP contribution in [-0.4, -0.2) is 11.6 Å². The van der Waals surface area contributed by atoms with Crippen LogP contribution in [0.15, 0.2) is 60.0 Å². The Hall–Kier alpha value is -2.13. The van der Waals surface area contributed by atoms with Gasteiger partial charge in [0.2, 0.25) is 0 Å². The summed E-state index contributed by atoms with van der Waals surface area (Å²) in [5, 5.41) is 3.31. The molecule has 0 radical (unpaired) electrons. The van der Waals surface area contributed by atoms with E-state index in [2.05, 4.69) is 29.6 Å². The summed E-state index contributed by atoms with van der Waals surface area (Å²) in [6.07, 6.45) is 1.01. The SMILES string of the molecule is c1ccc(-c2csc(C3COc4ccccc4C3)n2)cc1. The summed E-state index contributed by atoms with van der Waals surface area (Å²) in [5.74, 6) is 1.39. The zero-order valence-corrected chi connectivity index (χ0v) is 12.3. The van der Waals surface area contributed by atoms with Crippen molar-refractivity contribution in [3.05, 3.63) is 70.5 Å². The number of fused-ring (bicyclic) bond motifs is 1. The first kappa shape index (κ1) is 12.6. The highest BCUT2D eigenvalue weighted by Gasteiger charge is 2.23. The molecule has 1 aromatic heterocycles. The summed E-state index contributed by atoms with van der Waals surface area (Å²) >= 11 is 1.73. The molecule has 1 unspecified atom stereocenters. The van der Waals surface area contributed by atoms with Crippen molar-refractivity contribution in [3.8, 4) is 17.0 Å². The van der Waals surface area contributed by atoms with Gasteiger partial charge in [0, 0.05) is 16.9 Å². The van der Waals surface area contributed by atoms with Gasteiger partial charge in [-0.05, 0) is 18.1 Å². The first-order valence-electron chi connectivity index (χ1n) is 7.12. The van der Waals surface area contributed by atoms with Crippen LogP contribution >= 0.6 is 11.3 Å². The molecule has 21 heavy (non-hydrogen) atoms. The summed E-state index contributed by atoms with van der Waals surface area (Å²) in [5.41, 5.74) is 3.52. The predicted molar refractivity (Wildman–Crippen MR) is 85.9 cm³/mol. The Labute approximate surface area is 128 Å². The minimum atomic E-state index is 0.363. The number of nitrogens with zero attached hydrogens (tertiary/aromatic N) is 1. The van der Waals surface area contributed by atoms with E-state index in [9.17, 15) is 0 Å². The lowest BCUT2D eigenvalue weighted by atomic mass is 9.97. The van der Waals surface area contributed by atoms with Crippen molar-refractivity contribution in [2.75, 3.05) is 6.61 Å². The molecule has 0 fully saturated rings. The number of hydrogen-bond acceptors (Lipinski definition) is 3. The van der Waals surface area contributed by atoms with Crippen molar-refractivity contribution in [2.45, 2.75) is 12.3 Å². The summed E-state index contributed by atoms with van der Waals surface area (Å²) in [6, 6.07) is 18.6. The smallest absolute Gasteiger partial charge is 0.122 e.